The van der Waals surface area contributed by atoms with Crippen LogP contribution in [0.3, 0.4) is 0 Å². The van der Waals surface area contributed by atoms with Gasteiger partial charge in [0, 0.05) is 0 Å². The van der Waals surface area contributed by atoms with E-state index in [0.717, 1.165) is 0 Å². The number of rotatable bonds is 2. The Morgan fingerprint density at radius 3 is 1.64 bits per heavy atom. The SMILES string of the molecule is O=S(=O)(O)C(F)(F)C(F)F.[H-].[Li+]. The number of hydrogen-bond acceptors (Lipinski definition) is 2. The monoisotopic (exact) mass is 190 g/mol. The molecule has 0 spiro atoms. The first-order chi connectivity index (χ1) is 4.19. The van der Waals surface area contributed by atoms with Crippen LogP contribution < -0.4 is 18.9 Å². The Balaban J connectivity index is -0.000000405. The maximum absolute atomic E-state index is 11.5. The summed E-state index contributed by atoms with van der Waals surface area (Å²) < 4.78 is 71.3. The summed E-state index contributed by atoms with van der Waals surface area (Å²) in [5, 5.41) is -5.37. The van der Waals surface area contributed by atoms with Gasteiger partial charge >= 0.3 is 40.7 Å². The first kappa shape index (κ1) is 13.8. The summed E-state index contributed by atoms with van der Waals surface area (Å²) in [5.41, 5.74) is 0. The summed E-state index contributed by atoms with van der Waals surface area (Å²) in [6.07, 6.45) is -4.41. The molecule has 9 heteroatoms. The second kappa shape index (κ2) is 3.76. The van der Waals surface area contributed by atoms with E-state index < -0.39 is 21.8 Å². The first-order valence-electron chi connectivity index (χ1n) is 1.82. The van der Waals surface area contributed by atoms with Gasteiger partial charge < -0.3 is 1.43 Å². The summed E-state index contributed by atoms with van der Waals surface area (Å²) in [5.74, 6) is 0. The van der Waals surface area contributed by atoms with Crippen LogP contribution in [-0.2, 0) is 10.1 Å². The summed E-state index contributed by atoms with van der Waals surface area (Å²) in [7, 11) is -5.98. The molecule has 0 heterocycles. The maximum atomic E-state index is 11.5. The van der Waals surface area contributed by atoms with E-state index in [4.69, 9.17) is 4.55 Å². The van der Waals surface area contributed by atoms with Crippen LogP contribution in [0.2, 0.25) is 0 Å². The average Bonchev–Trinajstić information content (AvgIpc) is 1.62. The van der Waals surface area contributed by atoms with Gasteiger partial charge in [-0.3, -0.25) is 4.55 Å². The van der Waals surface area contributed by atoms with Gasteiger partial charge in [-0.2, -0.15) is 17.2 Å². The number of hydrogen-bond donors (Lipinski definition) is 1. The zero-order valence-electron chi connectivity index (χ0n) is 6.26. The molecule has 0 saturated carbocycles. The molecule has 0 rings (SSSR count). The Labute approximate surface area is 73.2 Å². The van der Waals surface area contributed by atoms with Crippen LogP contribution in [0.25, 0.3) is 0 Å². The molecule has 64 valence electrons. The molecule has 0 aliphatic carbocycles. The van der Waals surface area contributed by atoms with E-state index in [1.165, 1.54) is 0 Å². The molecule has 1 N–H and O–H groups in total. The molecule has 0 bridgehead atoms. The Kier molecular flexibility index (Phi) is 4.71. The number of alkyl halides is 4. The third-order valence-corrected chi connectivity index (χ3v) is 1.46. The van der Waals surface area contributed by atoms with Crippen molar-refractivity contribution in [2.24, 2.45) is 0 Å². The van der Waals surface area contributed by atoms with E-state index in [-0.39, 0.29) is 20.3 Å². The predicted molar refractivity (Wildman–Crippen MR) is 23.6 cm³/mol. The molecule has 0 aliphatic rings. The topological polar surface area (TPSA) is 54.4 Å². The smallest absolute Gasteiger partial charge is 1.00 e. The predicted octanol–water partition coefficient (Wildman–Crippen LogP) is -2.15. The maximum Gasteiger partial charge on any atom is 1.00 e. The van der Waals surface area contributed by atoms with Crippen molar-refractivity contribution in [2.45, 2.75) is 11.7 Å². The molecule has 0 unspecified atom stereocenters. The van der Waals surface area contributed by atoms with Gasteiger partial charge in [0.1, 0.15) is 0 Å². The number of halogens is 4. The van der Waals surface area contributed by atoms with Crippen molar-refractivity contribution in [2.75, 3.05) is 0 Å². The van der Waals surface area contributed by atoms with E-state index in [1.807, 2.05) is 0 Å². The zero-order valence-corrected chi connectivity index (χ0v) is 6.08. The Morgan fingerprint density at radius 2 is 1.64 bits per heavy atom. The van der Waals surface area contributed by atoms with Crippen LogP contribution in [0.15, 0.2) is 0 Å². The Bertz CT molecular complexity index is 216. The molecule has 0 aliphatic heterocycles. The molecule has 0 atom stereocenters. The third kappa shape index (κ3) is 2.99. The third-order valence-electron chi connectivity index (χ3n) is 0.598. The summed E-state index contributed by atoms with van der Waals surface area (Å²) in [6.45, 7) is 0. The van der Waals surface area contributed by atoms with Gasteiger partial charge in [-0.25, -0.2) is 8.78 Å². The molecule has 0 saturated heterocycles. The minimum Gasteiger partial charge on any atom is -1.00 e. The van der Waals surface area contributed by atoms with E-state index in [2.05, 4.69) is 0 Å². The zero-order chi connectivity index (χ0) is 8.58. The first-order valence-corrected chi connectivity index (χ1v) is 3.26. The van der Waals surface area contributed by atoms with Crippen LogP contribution in [0.1, 0.15) is 1.43 Å². The van der Waals surface area contributed by atoms with Crippen LogP contribution in [0.4, 0.5) is 17.6 Å². The molecule has 0 fully saturated rings. The molecular weight excluding hydrogens is 187 g/mol. The Hall–Kier alpha value is 0.227. The molecule has 0 aromatic heterocycles. The van der Waals surface area contributed by atoms with Crippen molar-refractivity contribution in [3.63, 3.8) is 0 Å². The van der Waals surface area contributed by atoms with Crippen LogP contribution >= 0.6 is 0 Å². The molecule has 11 heavy (non-hydrogen) atoms. The van der Waals surface area contributed by atoms with E-state index in [9.17, 15) is 26.0 Å². The minimum absolute atomic E-state index is 0. The molecular formula is C2H3F4LiO3S. The molecule has 3 nitrogen and oxygen atoms in total. The minimum atomic E-state index is -5.98. The van der Waals surface area contributed by atoms with Crippen molar-refractivity contribution in [3.05, 3.63) is 0 Å². The van der Waals surface area contributed by atoms with Crippen molar-refractivity contribution in [1.29, 1.82) is 0 Å². The van der Waals surface area contributed by atoms with Gasteiger partial charge in [-0.15, -0.1) is 0 Å². The van der Waals surface area contributed by atoms with Crippen molar-refractivity contribution >= 4 is 10.1 Å². The van der Waals surface area contributed by atoms with Gasteiger partial charge in [0.25, 0.3) is 0 Å². The van der Waals surface area contributed by atoms with Crippen molar-refractivity contribution in [3.8, 4) is 0 Å². The second-order valence-electron chi connectivity index (χ2n) is 1.34. The van der Waals surface area contributed by atoms with Gasteiger partial charge in [0.05, 0.1) is 0 Å². The summed E-state index contributed by atoms with van der Waals surface area (Å²) >= 11 is 0. The molecule has 0 amide bonds. The fourth-order valence-electron chi connectivity index (χ4n) is 0.113. The fourth-order valence-corrected chi connectivity index (χ4v) is 0.338. The molecule has 0 aromatic carbocycles. The quantitative estimate of drug-likeness (QED) is 0.307. The van der Waals surface area contributed by atoms with Gasteiger partial charge in [0.2, 0.25) is 0 Å². The molecule has 0 radical (unpaired) electrons. The summed E-state index contributed by atoms with van der Waals surface area (Å²) in [6, 6.07) is 0. The largest absolute Gasteiger partial charge is 1.00 e. The van der Waals surface area contributed by atoms with Gasteiger partial charge in [-0.1, -0.05) is 0 Å². The van der Waals surface area contributed by atoms with Crippen molar-refractivity contribution < 1.29 is 50.8 Å². The van der Waals surface area contributed by atoms with Gasteiger partial charge in [0.15, 0.2) is 0 Å². The van der Waals surface area contributed by atoms with E-state index >= 15 is 0 Å². The van der Waals surface area contributed by atoms with Crippen molar-refractivity contribution in [1.82, 2.24) is 0 Å². The Morgan fingerprint density at radius 1 is 1.36 bits per heavy atom. The average molecular weight is 190 g/mol. The van der Waals surface area contributed by atoms with Gasteiger partial charge in [-0.05, 0) is 0 Å². The summed E-state index contributed by atoms with van der Waals surface area (Å²) in [4.78, 5) is 0. The van der Waals surface area contributed by atoms with Crippen LogP contribution in [-0.4, -0.2) is 24.7 Å². The van der Waals surface area contributed by atoms with E-state index in [1.54, 1.807) is 0 Å². The fraction of sp³-hybridized carbons (Fsp3) is 1.00. The second-order valence-corrected chi connectivity index (χ2v) is 2.83. The van der Waals surface area contributed by atoms with E-state index in [0.29, 0.717) is 0 Å². The normalized spacial score (nSPS) is 12.9. The molecule has 0 aromatic rings. The standard InChI is InChI=1S/C2H2F4O3S.Li.H/c3-1(4)2(5,6)10(7,8)9;;/h1H,(H,7,8,9);;/q;+1;-1. The van der Waals surface area contributed by atoms with Crippen LogP contribution in [0.5, 0.6) is 0 Å². The van der Waals surface area contributed by atoms with Crippen LogP contribution in [0, 0.1) is 0 Å².